The van der Waals surface area contributed by atoms with Gasteiger partial charge in [0.2, 0.25) is 0 Å². The van der Waals surface area contributed by atoms with Crippen molar-refractivity contribution in [2.45, 2.75) is 13.3 Å². The number of carbonyl (C=O) groups is 1. The van der Waals surface area contributed by atoms with E-state index in [0.717, 1.165) is 6.07 Å². The van der Waals surface area contributed by atoms with Crippen LogP contribution in [0.3, 0.4) is 0 Å². The number of carboxylic acid groups (broad SMARTS) is 1. The number of phenolic OH excluding ortho intramolecular Hbond substituents is 1. The summed E-state index contributed by atoms with van der Waals surface area (Å²) < 4.78 is 13.6. The van der Waals surface area contributed by atoms with Gasteiger partial charge in [0.25, 0.3) is 0 Å². The van der Waals surface area contributed by atoms with Gasteiger partial charge < -0.3 is 10.2 Å². The van der Waals surface area contributed by atoms with Gasteiger partial charge in [-0.05, 0) is 34.0 Å². The van der Waals surface area contributed by atoms with Crippen LogP contribution in [-0.4, -0.2) is 16.2 Å². The smallest absolute Gasteiger partial charge is 0.306 e. The zero-order chi connectivity index (χ0) is 11.6. The van der Waals surface area contributed by atoms with Crippen LogP contribution >= 0.6 is 15.9 Å². The number of carboxylic acids is 1. The molecule has 0 spiro atoms. The first-order chi connectivity index (χ1) is 6.91. The third kappa shape index (κ3) is 2.92. The van der Waals surface area contributed by atoms with E-state index < -0.39 is 17.7 Å². The largest absolute Gasteiger partial charge is 0.507 e. The van der Waals surface area contributed by atoms with Crippen LogP contribution in [-0.2, 0) is 11.2 Å². The summed E-state index contributed by atoms with van der Waals surface area (Å²) in [7, 11) is 0. The van der Waals surface area contributed by atoms with Crippen molar-refractivity contribution in [3.63, 3.8) is 0 Å². The Labute approximate surface area is 94.7 Å². The lowest BCUT2D eigenvalue weighted by Gasteiger charge is -2.08. The van der Waals surface area contributed by atoms with E-state index in [1.165, 1.54) is 13.0 Å². The predicted octanol–water partition coefficient (Wildman–Crippen LogP) is 2.56. The summed E-state index contributed by atoms with van der Waals surface area (Å²) in [6.45, 7) is 1.50. The fourth-order valence-electron chi connectivity index (χ4n) is 1.15. The Morgan fingerprint density at radius 1 is 1.60 bits per heavy atom. The van der Waals surface area contributed by atoms with E-state index in [4.69, 9.17) is 10.2 Å². The van der Waals surface area contributed by atoms with Crippen molar-refractivity contribution in [1.29, 1.82) is 0 Å². The summed E-state index contributed by atoms with van der Waals surface area (Å²) >= 11 is 3.04. The summed E-state index contributed by atoms with van der Waals surface area (Å²) in [6, 6.07) is 2.36. The maximum atomic E-state index is 13.3. The van der Waals surface area contributed by atoms with Gasteiger partial charge in [0.1, 0.15) is 11.6 Å². The lowest BCUT2D eigenvalue weighted by Crippen LogP contribution is -2.13. The molecular weight excluding hydrogens is 267 g/mol. The molecule has 0 heterocycles. The van der Waals surface area contributed by atoms with Gasteiger partial charge in [0.05, 0.1) is 10.4 Å². The number of rotatable bonds is 3. The maximum absolute atomic E-state index is 13.3. The number of hydrogen-bond acceptors (Lipinski definition) is 2. The molecule has 0 amide bonds. The van der Waals surface area contributed by atoms with E-state index in [-0.39, 0.29) is 17.7 Å². The molecule has 1 atom stereocenters. The zero-order valence-corrected chi connectivity index (χ0v) is 9.58. The van der Waals surface area contributed by atoms with Gasteiger partial charge in [-0.25, -0.2) is 4.39 Å². The van der Waals surface area contributed by atoms with Crippen LogP contribution in [0.2, 0.25) is 0 Å². The number of benzene rings is 1. The van der Waals surface area contributed by atoms with Crippen LogP contribution in [0.1, 0.15) is 12.5 Å². The third-order valence-electron chi connectivity index (χ3n) is 2.06. The Kier molecular flexibility index (Phi) is 3.68. The van der Waals surface area contributed by atoms with Crippen molar-refractivity contribution in [2.24, 2.45) is 5.92 Å². The molecule has 0 saturated carbocycles. The second-order valence-electron chi connectivity index (χ2n) is 3.34. The quantitative estimate of drug-likeness (QED) is 0.892. The Bertz CT molecular complexity index is 392. The lowest BCUT2D eigenvalue weighted by molar-refractivity contribution is -0.141. The normalized spacial score (nSPS) is 12.5. The van der Waals surface area contributed by atoms with Crippen LogP contribution in [0.5, 0.6) is 5.75 Å². The molecule has 0 aliphatic rings. The minimum Gasteiger partial charge on any atom is -0.507 e. The molecule has 0 radical (unpaired) electrons. The Balaban J connectivity index is 2.95. The highest BCUT2D eigenvalue weighted by atomic mass is 79.9. The number of phenols is 1. The third-order valence-corrected chi connectivity index (χ3v) is 2.70. The summed E-state index contributed by atoms with van der Waals surface area (Å²) in [5, 5.41) is 17.8. The zero-order valence-electron chi connectivity index (χ0n) is 8.00. The van der Waals surface area contributed by atoms with Crippen LogP contribution in [0.4, 0.5) is 4.39 Å². The molecule has 3 nitrogen and oxygen atoms in total. The fraction of sp³-hybridized carbons (Fsp3) is 0.300. The van der Waals surface area contributed by atoms with Gasteiger partial charge >= 0.3 is 5.97 Å². The number of aromatic hydroxyl groups is 1. The number of aliphatic carboxylic acids is 1. The maximum Gasteiger partial charge on any atom is 0.306 e. The summed E-state index contributed by atoms with van der Waals surface area (Å²) in [6.07, 6.45) is 0.0973. The molecular formula is C10H10BrFO3. The molecule has 15 heavy (non-hydrogen) atoms. The van der Waals surface area contributed by atoms with Crippen molar-refractivity contribution in [3.05, 3.63) is 28.0 Å². The highest BCUT2D eigenvalue weighted by Crippen LogP contribution is 2.27. The minimum atomic E-state index is -0.974. The average molecular weight is 277 g/mol. The van der Waals surface area contributed by atoms with Crippen LogP contribution in [0, 0.1) is 11.7 Å². The van der Waals surface area contributed by atoms with Crippen molar-refractivity contribution in [3.8, 4) is 5.75 Å². The fourth-order valence-corrected chi connectivity index (χ4v) is 1.54. The average Bonchev–Trinajstić information content (AvgIpc) is 2.13. The molecule has 5 heteroatoms. The summed E-state index contributed by atoms with van der Waals surface area (Å²) in [5.74, 6) is -2.42. The molecule has 2 N–H and O–H groups in total. The van der Waals surface area contributed by atoms with Crippen LogP contribution in [0.25, 0.3) is 0 Å². The van der Waals surface area contributed by atoms with E-state index in [0.29, 0.717) is 4.47 Å². The molecule has 0 fully saturated rings. The van der Waals surface area contributed by atoms with Gasteiger partial charge in [-0.1, -0.05) is 6.92 Å². The van der Waals surface area contributed by atoms with Gasteiger partial charge in [0.15, 0.2) is 0 Å². The SMILES string of the molecule is CC(Cc1cc(Br)c(O)cc1F)C(=O)O. The monoisotopic (exact) mass is 276 g/mol. The van der Waals surface area contributed by atoms with Crippen LogP contribution in [0.15, 0.2) is 16.6 Å². The first-order valence-corrected chi connectivity index (χ1v) is 5.10. The van der Waals surface area contributed by atoms with Crippen molar-refractivity contribution >= 4 is 21.9 Å². The van der Waals surface area contributed by atoms with Crippen LogP contribution < -0.4 is 0 Å². The van der Waals surface area contributed by atoms with E-state index in [1.807, 2.05) is 0 Å². The van der Waals surface area contributed by atoms with Gasteiger partial charge in [0, 0.05) is 6.07 Å². The molecule has 0 saturated heterocycles. The van der Waals surface area contributed by atoms with Crippen molar-refractivity contribution < 1.29 is 19.4 Å². The molecule has 1 aromatic rings. The molecule has 0 bridgehead atoms. The van der Waals surface area contributed by atoms with Gasteiger partial charge in [-0.2, -0.15) is 0 Å². The minimum absolute atomic E-state index is 0.0973. The Morgan fingerprint density at radius 3 is 2.73 bits per heavy atom. The van der Waals surface area contributed by atoms with Gasteiger partial charge in [-0.15, -0.1) is 0 Å². The topological polar surface area (TPSA) is 57.5 Å². The Hall–Kier alpha value is -1.10. The summed E-state index contributed by atoms with van der Waals surface area (Å²) in [4.78, 5) is 10.6. The molecule has 0 aromatic heterocycles. The molecule has 0 aliphatic heterocycles. The standard InChI is InChI=1S/C10H10BrFO3/c1-5(10(14)15)2-6-3-7(11)9(13)4-8(6)12/h3-5,13H,2H2,1H3,(H,14,15). The van der Waals surface area contributed by atoms with Crippen molar-refractivity contribution in [1.82, 2.24) is 0 Å². The highest BCUT2D eigenvalue weighted by Gasteiger charge is 2.15. The molecule has 0 aliphatic carbocycles. The Morgan fingerprint density at radius 2 is 2.20 bits per heavy atom. The van der Waals surface area contributed by atoms with E-state index >= 15 is 0 Å². The molecule has 1 aromatic carbocycles. The molecule has 1 rings (SSSR count). The molecule has 1 unspecified atom stereocenters. The highest BCUT2D eigenvalue weighted by molar-refractivity contribution is 9.10. The second kappa shape index (κ2) is 4.61. The van der Waals surface area contributed by atoms with Crippen molar-refractivity contribution in [2.75, 3.05) is 0 Å². The first-order valence-electron chi connectivity index (χ1n) is 4.31. The van der Waals surface area contributed by atoms with E-state index in [2.05, 4.69) is 15.9 Å². The van der Waals surface area contributed by atoms with E-state index in [1.54, 1.807) is 0 Å². The number of hydrogen-bond donors (Lipinski definition) is 2. The van der Waals surface area contributed by atoms with E-state index in [9.17, 15) is 9.18 Å². The first kappa shape index (κ1) is 12.0. The predicted molar refractivity (Wildman–Crippen MR) is 56.3 cm³/mol. The molecule has 82 valence electrons. The second-order valence-corrected chi connectivity index (χ2v) is 4.19. The summed E-state index contributed by atoms with van der Waals surface area (Å²) in [5.41, 5.74) is 0.273. The lowest BCUT2D eigenvalue weighted by atomic mass is 10.0. The van der Waals surface area contributed by atoms with Gasteiger partial charge in [-0.3, -0.25) is 4.79 Å². The number of halogens is 2.